The van der Waals surface area contributed by atoms with E-state index in [1.165, 1.54) is 24.0 Å². The maximum absolute atomic E-state index is 4.60. The highest BCUT2D eigenvalue weighted by Crippen LogP contribution is 2.20. The molecule has 4 nitrogen and oxygen atoms in total. The molecule has 0 atom stereocenters. The van der Waals surface area contributed by atoms with Gasteiger partial charge in [-0.2, -0.15) is 5.10 Å². The zero-order valence-corrected chi connectivity index (χ0v) is 11.9. The second-order valence-corrected chi connectivity index (χ2v) is 5.70. The van der Waals surface area contributed by atoms with E-state index in [-0.39, 0.29) is 0 Å². The Morgan fingerprint density at radius 1 is 1.10 bits per heavy atom. The van der Waals surface area contributed by atoms with Crippen LogP contribution in [0, 0.1) is 0 Å². The molecule has 1 fully saturated rings. The Kier molecular flexibility index (Phi) is 3.16. The van der Waals surface area contributed by atoms with Crippen LogP contribution in [0.2, 0.25) is 0 Å². The number of pyridine rings is 1. The summed E-state index contributed by atoms with van der Waals surface area (Å²) in [7, 11) is 0. The van der Waals surface area contributed by atoms with Gasteiger partial charge >= 0.3 is 0 Å². The number of nitrogens with zero attached hydrogens (tertiary/aromatic N) is 3. The van der Waals surface area contributed by atoms with Gasteiger partial charge in [0, 0.05) is 24.2 Å². The molecule has 3 aromatic rings. The second-order valence-electron chi connectivity index (χ2n) is 5.70. The molecule has 0 aliphatic heterocycles. The highest BCUT2D eigenvalue weighted by atomic mass is 15.3. The molecule has 0 radical (unpaired) electrons. The summed E-state index contributed by atoms with van der Waals surface area (Å²) in [6, 6.07) is 13.3. The van der Waals surface area contributed by atoms with E-state index in [1.54, 1.807) is 0 Å². The average Bonchev–Trinajstić information content (AvgIpc) is 3.28. The van der Waals surface area contributed by atoms with E-state index in [0.717, 1.165) is 30.2 Å². The summed E-state index contributed by atoms with van der Waals surface area (Å²) in [6.45, 7) is 1.66. The van der Waals surface area contributed by atoms with Crippen molar-refractivity contribution in [2.24, 2.45) is 0 Å². The van der Waals surface area contributed by atoms with E-state index >= 15 is 0 Å². The molecule has 0 bridgehead atoms. The molecule has 2 aromatic heterocycles. The molecule has 0 amide bonds. The van der Waals surface area contributed by atoms with Gasteiger partial charge in [-0.3, -0.25) is 0 Å². The summed E-state index contributed by atoms with van der Waals surface area (Å²) in [5, 5.41) is 9.10. The van der Waals surface area contributed by atoms with Crippen molar-refractivity contribution in [1.82, 2.24) is 20.1 Å². The molecular weight excluding hydrogens is 260 g/mol. The van der Waals surface area contributed by atoms with Crippen LogP contribution in [0.15, 0.2) is 48.8 Å². The van der Waals surface area contributed by atoms with Crippen molar-refractivity contribution in [3.8, 4) is 0 Å². The minimum absolute atomic E-state index is 0.724. The fourth-order valence-electron chi connectivity index (χ4n) is 2.54. The third kappa shape index (κ3) is 2.81. The first-order valence-electron chi connectivity index (χ1n) is 7.46. The normalized spacial score (nSPS) is 14.7. The monoisotopic (exact) mass is 278 g/mol. The third-order valence-electron chi connectivity index (χ3n) is 3.88. The zero-order valence-electron chi connectivity index (χ0n) is 11.9. The van der Waals surface area contributed by atoms with Gasteiger partial charge in [-0.25, -0.2) is 9.67 Å². The number of fused-ring (bicyclic) bond motifs is 1. The van der Waals surface area contributed by atoms with Crippen molar-refractivity contribution in [1.29, 1.82) is 0 Å². The Morgan fingerprint density at radius 2 is 1.95 bits per heavy atom. The first-order valence-corrected chi connectivity index (χ1v) is 7.46. The number of hydrogen-bond acceptors (Lipinski definition) is 3. The number of rotatable bonds is 5. The summed E-state index contributed by atoms with van der Waals surface area (Å²) in [6.07, 6.45) is 6.49. The first kappa shape index (κ1) is 12.5. The van der Waals surface area contributed by atoms with Crippen molar-refractivity contribution in [3.63, 3.8) is 0 Å². The standard InChI is InChI=1S/C17H18N4/c1-2-4-13(5-3-1)12-21-17-15(11-20-21)8-14(10-19-17)9-18-16-6-7-16/h1-5,8,10-11,16,18H,6-7,9,12H2. The summed E-state index contributed by atoms with van der Waals surface area (Å²) in [5.74, 6) is 0. The molecule has 0 unspecified atom stereocenters. The average molecular weight is 278 g/mol. The Bertz CT molecular complexity index is 744. The van der Waals surface area contributed by atoms with Gasteiger partial charge in [-0.05, 0) is 30.0 Å². The number of nitrogens with one attached hydrogen (secondary N) is 1. The molecule has 4 rings (SSSR count). The molecule has 1 aromatic carbocycles. The fourth-order valence-corrected chi connectivity index (χ4v) is 2.54. The highest BCUT2D eigenvalue weighted by molar-refractivity contribution is 5.75. The maximum atomic E-state index is 4.60. The number of benzene rings is 1. The molecule has 21 heavy (non-hydrogen) atoms. The van der Waals surface area contributed by atoms with E-state index in [0.29, 0.717) is 0 Å². The fraction of sp³-hybridized carbons (Fsp3) is 0.294. The van der Waals surface area contributed by atoms with Gasteiger partial charge in [0.15, 0.2) is 5.65 Å². The second kappa shape index (κ2) is 5.30. The predicted molar refractivity (Wildman–Crippen MR) is 82.9 cm³/mol. The molecule has 1 aliphatic carbocycles. The molecule has 0 spiro atoms. The van der Waals surface area contributed by atoms with Crippen LogP contribution < -0.4 is 5.32 Å². The SMILES string of the molecule is c1ccc(Cn2ncc3cc(CNC4CC4)cnc32)cc1. The largest absolute Gasteiger partial charge is 0.310 e. The Hall–Kier alpha value is -2.20. The van der Waals surface area contributed by atoms with E-state index in [9.17, 15) is 0 Å². The summed E-state index contributed by atoms with van der Waals surface area (Å²) in [5.41, 5.74) is 3.42. The Morgan fingerprint density at radius 3 is 2.76 bits per heavy atom. The number of hydrogen-bond donors (Lipinski definition) is 1. The zero-order chi connectivity index (χ0) is 14.1. The van der Waals surface area contributed by atoms with Gasteiger partial charge in [0.1, 0.15) is 0 Å². The minimum atomic E-state index is 0.724. The molecule has 106 valence electrons. The molecule has 0 saturated heterocycles. The highest BCUT2D eigenvalue weighted by Gasteiger charge is 2.20. The molecule has 1 aliphatic rings. The summed E-state index contributed by atoms with van der Waals surface area (Å²) in [4.78, 5) is 4.60. The quantitative estimate of drug-likeness (QED) is 0.780. The van der Waals surface area contributed by atoms with Gasteiger partial charge in [-0.1, -0.05) is 30.3 Å². The molecule has 1 saturated carbocycles. The van der Waals surface area contributed by atoms with Crippen LogP contribution in [-0.2, 0) is 13.1 Å². The van der Waals surface area contributed by atoms with Crippen LogP contribution >= 0.6 is 0 Å². The predicted octanol–water partition coefficient (Wildman–Crippen LogP) is 2.73. The van der Waals surface area contributed by atoms with Crippen LogP contribution in [-0.4, -0.2) is 20.8 Å². The van der Waals surface area contributed by atoms with Crippen molar-refractivity contribution in [2.75, 3.05) is 0 Å². The van der Waals surface area contributed by atoms with Gasteiger partial charge < -0.3 is 5.32 Å². The molecule has 1 N–H and O–H groups in total. The van der Waals surface area contributed by atoms with Gasteiger partial charge in [0.2, 0.25) is 0 Å². The maximum Gasteiger partial charge on any atom is 0.158 e. The minimum Gasteiger partial charge on any atom is -0.310 e. The van der Waals surface area contributed by atoms with E-state index < -0.39 is 0 Å². The molecular formula is C17H18N4. The molecule has 4 heteroatoms. The van der Waals surface area contributed by atoms with Gasteiger partial charge in [0.05, 0.1) is 12.7 Å². The van der Waals surface area contributed by atoms with Crippen LogP contribution in [0.1, 0.15) is 24.0 Å². The lowest BCUT2D eigenvalue weighted by atomic mass is 10.2. The van der Waals surface area contributed by atoms with Crippen molar-refractivity contribution < 1.29 is 0 Å². The number of aromatic nitrogens is 3. The first-order chi connectivity index (χ1) is 10.4. The van der Waals surface area contributed by atoms with Crippen LogP contribution in [0.4, 0.5) is 0 Å². The smallest absolute Gasteiger partial charge is 0.158 e. The van der Waals surface area contributed by atoms with Crippen LogP contribution in [0.3, 0.4) is 0 Å². The van der Waals surface area contributed by atoms with E-state index in [4.69, 9.17) is 0 Å². The van der Waals surface area contributed by atoms with Crippen molar-refractivity contribution >= 4 is 11.0 Å². The van der Waals surface area contributed by atoms with Crippen LogP contribution in [0.5, 0.6) is 0 Å². The Labute approximate surface area is 123 Å². The topological polar surface area (TPSA) is 42.7 Å². The third-order valence-corrected chi connectivity index (χ3v) is 3.88. The van der Waals surface area contributed by atoms with Crippen LogP contribution in [0.25, 0.3) is 11.0 Å². The Balaban J connectivity index is 1.56. The lowest BCUT2D eigenvalue weighted by Gasteiger charge is -2.05. The van der Waals surface area contributed by atoms with Gasteiger partial charge in [-0.15, -0.1) is 0 Å². The van der Waals surface area contributed by atoms with Crippen molar-refractivity contribution in [3.05, 3.63) is 59.9 Å². The van der Waals surface area contributed by atoms with Gasteiger partial charge in [0.25, 0.3) is 0 Å². The van der Waals surface area contributed by atoms with E-state index in [1.807, 2.05) is 23.1 Å². The lowest BCUT2D eigenvalue weighted by Crippen LogP contribution is -2.15. The van der Waals surface area contributed by atoms with Crippen molar-refractivity contribution in [2.45, 2.75) is 32.0 Å². The summed E-state index contributed by atoms with van der Waals surface area (Å²) >= 11 is 0. The lowest BCUT2D eigenvalue weighted by molar-refractivity contribution is 0.684. The molecule has 2 heterocycles. The van der Waals surface area contributed by atoms with E-state index in [2.05, 4.69) is 45.7 Å². The summed E-state index contributed by atoms with van der Waals surface area (Å²) < 4.78 is 1.96.